The maximum atomic E-state index is 12.8. The molecule has 1 N–H and O–H groups in total. The van der Waals surface area contributed by atoms with Crippen LogP contribution in [0.25, 0.3) is 5.57 Å². The largest absolute Gasteiger partial charge is 0.486 e. The lowest BCUT2D eigenvalue weighted by Crippen LogP contribution is -2.32. The molecule has 2 aromatic rings. The van der Waals surface area contributed by atoms with Gasteiger partial charge in [-0.15, -0.1) is 0 Å². The molecule has 2 amide bonds. The van der Waals surface area contributed by atoms with Gasteiger partial charge >= 0.3 is 0 Å². The zero-order valence-electron chi connectivity index (χ0n) is 14.6. The molecule has 0 aromatic heterocycles. The van der Waals surface area contributed by atoms with Crippen molar-refractivity contribution in [2.45, 2.75) is 6.92 Å². The summed E-state index contributed by atoms with van der Waals surface area (Å²) in [6.07, 6.45) is 0. The van der Waals surface area contributed by atoms with Crippen molar-refractivity contribution < 1.29 is 19.1 Å². The van der Waals surface area contributed by atoms with Gasteiger partial charge in [0, 0.05) is 23.3 Å². The Morgan fingerprint density at radius 3 is 2.41 bits per heavy atom. The Kier molecular flexibility index (Phi) is 4.49. The molecule has 0 aliphatic carbocycles. The standard InChI is InChI=1S/C20H17ClN2O4/c1-2-23-19(24)17(12-3-5-13(21)6-4-12)18(20(23)25)22-14-7-8-15-16(11-14)27-10-9-26-15/h3-8,11,22H,2,9-10H2,1H3. The summed E-state index contributed by atoms with van der Waals surface area (Å²) in [7, 11) is 0. The summed E-state index contributed by atoms with van der Waals surface area (Å²) in [5, 5.41) is 3.66. The number of nitrogens with zero attached hydrogens (tertiary/aromatic N) is 1. The van der Waals surface area contributed by atoms with Crippen LogP contribution in [0.3, 0.4) is 0 Å². The molecule has 27 heavy (non-hydrogen) atoms. The summed E-state index contributed by atoms with van der Waals surface area (Å²) in [6, 6.07) is 12.2. The van der Waals surface area contributed by atoms with E-state index in [1.165, 1.54) is 4.90 Å². The number of amides is 2. The van der Waals surface area contributed by atoms with Gasteiger partial charge in [0.05, 0.1) is 5.57 Å². The lowest BCUT2D eigenvalue weighted by atomic mass is 10.0. The van der Waals surface area contributed by atoms with Crippen LogP contribution in [-0.4, -0.2) is 36.5 Å². The topological polar surface area (TPSA) is 67.9 Å². The minimum atomic E-state index is -0.359. The third-order valence-corrected chi connectivity index (χ3v) is 4.68. The highest BCUT2D eigenvalue weighted by Crippen LogP contribution is 2.35. The molecule has 0 unspecified atom stereocenters. The third-order valence-electron chi connectivity index (χ3n) is 4.43. The Morgan fingerprint density at radius 2 is 1.70 bits per heavy atom. The highest BCUT2D eigenvalue weighted by molar-refractivity contribution is 6.36. The van der Waals surface area contributed by atoms with Crippen molar-refractivity contribution in [3.05, 3.63) is 58.7 Å². The van der Waals surface area contributed by atoms with E-state index in [0.717, 1.165) is 0 Å². The third kappa shape index (κ3) is 3.13. The van der Waals surface area contributed by atoms with E-state index in [1.807, 2.05) is 0 Å². The first kappa shape index (κ1) is 17.4. The van der Waals surface area contributed by atoms with E-state index < -0.39 is 0 Å². The minimum absolute atomic E-state index is 0.237. The van der Waals surface area contributed by atoms with Crippen molar-refractivity contribution >= 4 is 34.7 Å². The number of likely N-dealkylation sites (N-methyl/N-ethyl adjacent to an activating group) is 1. The zero-order chi connectivity index (χ0) is 19.0. The molecule has 2 aliphatic rings. The molecular formula is C20H17ClN2O4. The summed E-state index contributed by atoms with van der Waals surface area (Å²) < 4.78 is 11.1. The van der Waals surface area contributed by atoms with Crippen molar-refractivity contribution in [3.8, 4) is 11.5 Å². The fourth-order valence-electron chi connectivity index (χ4n) is 3.13. The predicted octanol–water partition coefficient (Wildman–Crippen LogP) is 3.32. The molecule has 138 valence electrons. The average molecular weight is 385 g/mol. The maximum absolute atomic E-state index is 12.8. The van der Waals surface area contributed by atoms with E-state index in [0.29, 0.717) is 53.1 Å². The number of ether oxygens (including phenoxy) is 2. The Hall–Kier alpha value is -2.99. The molecule has 6 nitrogen and oxygen atoms in total. The number of halogens is 1. The second kappa shape index (κ2) is 6.96. The molecule has 0 atom stereocenters. The van der Waals surface area contributed by atoms with Gasteiger partial charge in [0.15, 0.2) is 11.5 Å². The monoisotopic (exact) mass is 384 g/mol. The van der Waals surface area contributed by atoms with Crippen molar-refractivity contribution in [3.63, 3.8) is 0 Å². The van der Waals surface area contributed by atoms with Crippen molar-refractivity contribution in [2.75, 3.05) is 25.1 Å². The molecule has 2 aliphatic heterocycles. The van der Waals surface area contributed by atoms with Crippen molar-refractivity contribution in [1.29, 1.82) is 0 Å². The quantitative estimate of drug-likeness (QED) is 0.819. The first-order chi connectivity index (χ1) is 13.1. The molecule has 0 saturated carbocycles. The van der Waals surface area contributed by atoms with E-state index in [2.05, 4.69) is 5.32 Å². The number of carbonyl (C=O) groups excluding carboxylic acids is 2. The number of rotatable bonds is 4. The van der Waals surface area contributed by atoms with Crippen LogP contribution >= 0.6 is 11.6 Å². The molecular weight excluding hydrogens is 368 g/mol. The van der Waals surface area contributed by atoms with E-state index in [4.69, 9.17) is 21.1 Å². The lowest BCUT2D eigenvalue weighted by molar-refractivity contribution is -0.136. The highest BCUT2D eigenvalue weighted by atomic mass is 35.5. The lowest BCUT2D eigenvalue weighted by Gasteiger charge is -2.19. The van der Waals surface area contributed by atoms with Crippen LogP contribution in [0.15, 0.2) is 48.2 Å². The Balaban J connectivity index is 1.75. The Morgan fingerprint density at radius 1 is 1.00 bits per heavy atom. The van der Waals surface area contributed by atoms with Crippen LogP contribution in [0.5, 0.6) is 11.5 Å². The van der Waals surface area contributed by atoms with Gasteiger partial charge in [0.2, 0.25) is 0 Å². The van der Waals surface area contributed by atoms with Crippen LogP contribution in [0, 0.1) is 0 Å². The summed E-state index contributed by atoms with van der Waals surface area (Å²) in [5.41, 5.74) is 1.84. The number of benzene rings is 2. The van der Waals surface area contributed by atoms with Crippen LogP contribution in [0.2, 0.25) is 5.02 Å². The summed E-state index contributed by atoms with van der Waals surface area (Å²) in [5.74, 6) is 0.568. The summed E-state index contributed by atoms with van der Waals surface area (Å²) in [4.78, 5) is 26.8. The second-order valence-electron chi connectivity index (χ2n) is 6.09. The summed E-state index contributed by atoms with van der Waals surface area (Å²) in [6.45, 7) is 3.03. The average Bonchev–Trinajstić information content (AvgIpc) is 2.92. The minimum Gasteiger partial charge on any atom is -0.486 e. The first-order valence-electron chi connectivity index (χ1n) is 8.61. The van der Waals surface area contributed by atoms with Gasteiger partial charge in [-0.25, -0.2) is 0 Å². The number of hydrogen-bond donors (Lipinski definition) is 1. The van der Waals surface area contributed by atoms with Gasteiger partial charge in [-0.1, -0.05) is 23.7 Å². The van der Waals surface area contributed by atoms with Gasteiger partial charge in [0.1, 0.15) is 18.9 Å². The predicted molar refractivity (Wildman–Crippen MR) is 102 cm³/mol. The van der Waals surface area contributed by atoms with Gasteiger partial charge in [0.25, 0.3) is 11.8 Å². The van der Waals surface area contributed by atoms with E-state index in [-0.39, 0.29) is 17.5 Å². The molecule has 2 heterocycles. The fraction of sp³-hybridized carbons (Fsp3) is 0.200. The van der Waals surface area contributed by atoms with Crippen LogP contribution in [-0.2, 0) is 9.59 Å². The number of imide groups is 1. The van der Waals surface area contributed by atoms with Crippen LogP contribution in [0.1, 0.15) is 12.5 Å². The van der Waals surface area contributed by atoms with Crippen molar-refractivity contribution in [2.24, 2.45) is 0 Å². The number of anilines is 1. The number of nitrogens with one attached hydrogen (secondary N) is 1. The SMILES string of the molecule is CCN1C(=O)C(Nc2ccc3c(c2)OCCO3)=C(c2ccc(Cl)cc2)C1=O. The smallest absolute Gasteiger partial charge is 0.278 e. The highest BCUT2D eigenvalue weighted by Gasteiger charge is 2.38. The molecule has 0 bridgehead atoms. The molecule has 7 heteroatoms. The van der Waals surface area contributed by atoms with E-state index in [1.54, 1.807) is 49.4 Å². The van der Waals surface area contributed by atoms with Crippen LogP contribution in [0.4, 0.5) is 5.69 Å². The second-order valence-corrected chi connectivity index (χ2v) is 6.53. The van der Waals surface area contributed by atoms with Gasteiger partial charge < -0.3 is 14.8 Å². The Bertz CT molecular complexity index is 953. The Labute approximate surface area is 161 Å². The molecule has 0 spiro atoms. The number of fused-ring (bicyclic) bond motifs is 1. The fourth-order valence-corrected chi connectivity index (χ4v) is 3.25. The van der Waals surface area contributed by atoms with Crippen molar-refractivity contribution in [1.82, 2.24) is 4.90 Å². The number of carbonyl (C=O) groups is 2. The zero-order valence-corrected chi connectivity index (χ0v) is 15.4. The van der Waals surface area contributed by atoms with Gasteiger partial charge in [-0.2, -0.15) is 0 Å². The number of hydrogen-bond acceptors (Lipinski definition) is 5. The summed E-state index contributed by atoms with van der Waals surface area (Å²) >= 11 is 5.95. The molecule has 0 fully saturated rings. The molecule has 0 saturated heterocycles. The maximum Gasteiger partial charge on any atom is 0.278 e. The van der Waals surface area contributed by atoms with E-state index >= 15 is 0 Å². The van der Waals surface area contributed by atoms with E-state index in [9.17, 15) is 9.59 Å². The normalized spacial score (nSPS) is 16.1. The van der Waals surface area contributed by atoms with Crippen LogP contribution < -0.4 is 14.8 Å². The first-order valence-corrected chi connectivity index (χ1v) is 8.99. The van der Waals surface area contributed by atoms with Gasteiger partial charge in [-0.05, 0) is 36.8 Å². The van der Waals surface area contributed by atoms with Gasteiger partial charge in [-0.3, -0.25) is 14.5 Å². The molecule has 4 rings (SSSR count). The molecule has 2 aromatic carbocycles. The molecule has 0 radical (unpaired) electrons.